The molecular weight excluding hydrogens is 390 g/mol. The highest BCUT2D eigenvalue weighted by molar-refractivity contribution is 7.92. The number of ether oxygens (including phenoxy) is 1. The summed E-state index contributed by atoms with van der Waals surface area (Å²) in [6, 6.07) is 12.3. The van der Waals surface area contributed by atoms with Gasteiger partial charge in [0.2, 0.25) is 0 Å². The number of carbonyl (C=O) groups excluding carboxylic acids is 1. The van der Waals surface area contributed by atoms with Gasteiger partial charge in [-0.05, 0) is 56.3 Å². The molecule has 0 saturated heterocycles. The highest BCUT2D eigenvalue weighted by Crippen LogP contribution is 2.20. The summed E-state index contributed by atoms with van der Waals surface area (Å²) in [4.78, 5) is 12.2. The van der Waals surface area contributed by atoms with Crippen molar-refractivity contribution in [3.8, 4) is 5.75 Å². The van der Waals surface area contributed by atoms with Crippen molar-refractivity contribution in [1.82, 2.24) is 5.32 Å². The zero-order valence-electron chi connectivity index (χ0n) is 15.4. The molecule has 148 valence electrons. The number of nitrogens with one attached hydrogen (secondary N) is 2. The van der Waals surface area contributed by atoms with Gasteiger partial charge < -0.3 is 15.8 Å². The van der Waals surface area contributed by atoms with Gasteiger partial charge in [-0.1, -0.05) is 6.07 Å². The van der Waals surface area contributed by atoms with Crippen LogP contribution in [0.2, 0.25) is 0 Å². The van der Waals surface area contributed by atoms with Crippen molar-refractivity contribution in [3.63, 3.8) is 0 Å². The number of sulfonamides is 1. The minimum atomic E-state index is -3.83. The standard InChI is InChI=1S/C18H23N3O4S.ClH/c1-18(2,19)12-20-17(22)13-5-4-6-16(11-13)26(23,24)21-14-7-9-15(25-3)10-8-14;/h4-11,21H,12,19H2,1-3H3,(H,20,22);1H. The molecule has 0 spiro atoms. The molecule has 0 radical (unpaired) electrons. The van der Waals surface area contributed by atoms with Crippen molar-refractivity contribution < 1.29 is 17.9 Å². The van der Waals surface area contributed by atoms with Crippen LogP contribution in [0.1, 0.15) is 24.2 Å². The van der Waals surface area contributed by atoms with Crippen LogP contribution >= 0.6 is 12.4 Å². The minimum Gasteiger partial charge on any atom is -0.497 e. The quantitative estimate of drug-likeness (QED) is 0.645. The Labute approximate surface area is 165 Å². The Hall–Kier alpha value is -2.29. The fourth-order valence-electron chi connectivity index (χ4n) is 2.09. The Balaban J connectivity index is 0.00000364. The first-order valence-corrected chi connectivity index (χ1v) is 9.43. The van der Waals surface area contributed by atoms with Crippen LogP contribution in [0.15, 0.2) is 53.4 Å². The third-order valence-corrected chi connectivity index (χ3v) is 4.83. The Kier molecular flexibility index (Phi) is 7.65. The van der Waals surface area contributed by atoms with Gasteiger partial charge in [-0.3, -0.25) is 9.52 Å². The molecule has 0 aliphatic carbocycles. The Morgan fingerprint density at radius 2 is 1.78 bits per heavy atom. The number of carbonyl (C=O) groups is 1. The molecule has 0 saturated carbocycles. The van der Waals surface area contributed by atoms with Gasteiger partial charge in [0.1, 0.15) is 5.75 Å². The molecule has 0 bridgehead atoms. The van der Waals surface area contributed by atoms with Crippen molar-refractivity contribution in [3.05, 3.63) is 54.1 Å². The number of hydrogen-bond donors (Lipinski definition) is 3. The van der Waals surface area contributed by atoms with Gasteiger partial charge >= 0.3 is 0 Å². The number of hydrogen-bond acceptors (Lipinski definition) is 5. The highest BCUT2D eigenvalue weighted by atomic mass is 35.5. The zero-order valence-corrected chi connectivity index (χ0v) is 17.0. The second kappa shape index (κ2) is 9.07. The average Bonchev–Trinajstić information content (AvgIpc) is 2.59. The van der Waals surface area contributed by atoms with E-state index in [1.807, 2.05) is 0 Å². The SMILES string of the molecule is COc1ccc(NS(=O)(=O)c2cccc(C(=O)NCC(C)(C)N)c2)cc1.Cl. The van der Waals surface area contributed by atoms with Crippen LogP contribution in [0, 0.1) is 0 Å². The van der Waals surface area contributed by atoms with E-state index in [0.29, 0.717) is 11.4 Å². The number of anilines is 1. The molecular formula is C18H24ClN3O4S. The summed E-state index contributed by atoms with van der Waals surface area (Å²) in [6.45, 7) is 3.84. The van der Waals surface area contributed by atoms with E-state index in [1.165, 1.54) is 25.3 Å². The van der Waals surface area contributed by atoms with Crippen molar-refractivity contribution in [2.45, 2.75) is 24.3 Å². The maximum atomic E-state index is 12.6. The van der Waals surface area contributed by atoms with Crippen molar-refractivity contribution >= 4 is 34.0 Å². The predicted molar refractivity (Wildman–Crippen MR) is 108 cm³/mol. The third-order valence-electron chi connectivity index (χ3n) is 3.45. The van der Waals surface area contributed by atoms with Crippen LogP contribution < -0.4 is 20.5 Å². The molecule has 0 unspecified atom stereocenters. The molecule has 2 rings (SSSR count). The van der Waals surface area contributed by atoms with E-state index >= 15 is 0 Å². The Morgan fingerprint density at radius 1 is 1.15 bits per heavy atom. The van der Waals surface area contributed by atoms with Crippen LogP contribution in [0.3, 0.4) is 0 Å². The molecule has 1 amide bonds. The Morgan fingerprint density at radius 3 is 2.33 bits per heavy atom. The van der Waals surface area contributed by atoms with Gasteiger partial charge in [-0.2, -0.15) is 0 Å². The first kappa shape index (κ1) is 22.8. The lowest BCUT2D eigenvalue weighted by Gasteiger charge is -2.19. The third kappa shape index (κ3) is 6.74. The van der Waals surface area contributed by atoms with E-state index in [2.05, 4.69) is 10.0 Å². The number of benzene rings is 2. The molecule has 9 heteroatoms. The van der Waals surface area contributed by atoms with Gasteiger partial charge in [0.25, 0.3) is 15.9 Å². The number of nitrogens with two attached hydrogens (primary N) is 1. The van der Waals surface area contributed by atoms with E-state index in [4.69, 9.17) is 10.5 Å². The fourth-order valence-corrected chi connectivity index (χ4v) is 3.19. The normalized spacial score (nSPS) is 11.3. The molecule has 27 heavy (non-hydrogen) atoms. The largest absolute Gasteiger partial charge is 0.497 e. The van der Waals surface area contributed by atoms with Gasteiger partial charge in [0.05, 0.1) is 12.0 Å². The molecule has 0 atom stereocenters. The summed E-state index contributed by atoms with van der Waals surface area (Å²) in [6.07, 6.45) is 0. The molecule has 4 N–H and O–H groups in total. The molecule has 0 aliphatic heterocycles. The van der Waals surface area contributed by atoms with Crippen molar-refractivity contribution in [1.29, 1.82) is 0 Å². The number of halogens is 1. The fraction of sp³-hybridized carbons (Fsp3) is 0.278. The summed E-state index contributed by atoms with van der Waals surface area (Å²) < 4.78 is 32.6. The number of methoxy groups -OCH3 is 1. The predicted octanol–water partition coefficient (Wildman–Crippen LogP) is 2.38. The monoisotopic (exact) mass is 413 g/mol. The summed E-state index contributed by atoms with van der Waals surface area (Å²) in [7, 11) is -2.30. The zero-order chi connectivity index (χ0) is 19.4. The summed E-state index contributed by atoms with van der Waals surface area (Å²) in [5.74, 6) is 0.236. The van der Waals surface area contributed by atoms with Crippen molar-refractivity contribution in [2.75, 3.05) is 18.4 Å². The highest BCUT2D eigenvalue weighted by Gasteiger charge is 2.18. The first-order valence-electron chi connectivity index (χ1n) is 7.95. The van der Waals surface area contributed by atoms with Crippen molar-refractivity contribution in [2.24, 2.45) is 5.73 Å². The van der Waals surface area contributed by atoms with E-state index < -0.39 is 15.6 Å². The van der Waals surface area contributed by atoms with Gasteiger partial charge in [-0.15, -0.1) is 12.4 Å². The Bertz CT molecular complexity index is 878. The molecule has 2 aromatic rings. The summed E-state index contributed by atoms with van der Waals surface area (Å²) in [5, 5.41) is 2.69. The maximum absolute atomic E-state index is 12.6. The van der Waals surface area contributed by atoms with Crippen LogP contribution in [-0.4, -0.2) is 33.5 Å². The minimum absolute atomic E-state index is 0. The van der Waals surface area contributed by atoms with Crippen LogP contribution in [0.25, 0.3) is 0 Å². The molecule has 0 fully saturated rings. The molecule has 0 aromatic heterocycles. The lowest BCUT2D eigenvalue weighted by molar-refractivity contribution is 0.0946. The second-order valence-corrected chi connectivity index (χ2v) is 8.22. The number of rotatable bonds is 7. The van der Waals surface area contributed by atoms with E-state index in [0.717, 1.165) is 0 Å². The maximum Gasteiger partial charge on any atom is 0.261 e. The summed E-state index contributed by atoms with van der Waals surface area (Å²) in [5.41, 5.74) is 5.91. The molecule has 0 heterocycles. The molecule has 0 aliphatic rings. The van der Waals surface area contributed by atoms with Gasteiger partial charge in [0.15, 0.2) is 0 Å². The molecule has 7 nitrogen and oxygen atoms in total. The second-order valence-electron chi connectivity index (χ2n) is 6.53. The lowest BCUT2D eigenvalue weighted by Crippen LogP contribution is -2.45. The van der Waals surface area contributed by atoms with Crippen LogP contribution in [-0.2, 0) is 10.0 Å². The number of amides is 1. The first-order chi connectivity index (χ1) is 12.1. The van der Waals surface area contributed by atoms with Crippen LogP contribution in [0.4, 0.5) is 5.69 Å². The van der Waals surface area contributed by atoms with E-state index in [-0.39, 0.29) is 35.3 Å². The molecule has 2 aromatic carbocycles. The van der Waals surface area contributed by atoms with Crippen LogP contribution in [0.5, 0.6) is 5.75 Å². The topological polar surface area (TPSA) is 111 Å². The smallest absolute Gasteiger partial charge is 0.261 e. The van der Waals surface area contributed by atoms with Gasteiger partial charge in [-0.25, -0.2) is 8.42 Å². The summed E-state index contributed by atoms with van der Waals surface area (Å²) >= 11 is 0. The van der Waals surface area contributed by atoms with E-state index in [1.54, 1.807) is 44.2 Å². The average molecular weight is 414 g/mol. The van der Waals surface area contributed by atoms with E-state index in [9.17, 15) is 13.2 Å². The van der Waals surface area contributed by atoms with Gasteiger partial charge in [0, 0.05) is 23.3 Å². The lowest BCUT2D eigenvalue weighted by atomic mass is 10.1.